The van der Waals surface area contributed by atoms with Crippen LogP contribution in [0.2, 0.25) is 0 Å². The van der Waals surface area contributed by atoms with E-state index in [1.165, 1.54) is 11.1 Å². The van der Waals surface area contributed by atoms with Crippen molar-refractivity contribution in [3.05, 3.63) is 59.2 Å². The molecule has 0 aliphatic carbocycles. The van der Waals surface area contributed by atoms with Crippen LogP contribution in [0.5, 0.6) is 11.5 Å². The minimum absolute atomic E-state index is 0.122. The molecule has 3 rings (SSSR count). The van der Waals surface area contributed by atoms with E-state index in [0.29, 0.717) is 25.4 Å². The summed E-state index contributed by atoms with van der Waals surface area (Å²) in [6.07, 6.45) is 0.833. The number of carbonyl (C=O) groups excluding carboxylic acids is 1. The number of fused-ring (bicyclic) bond motifs is 1. The first kappa shape index (κ1) is 17.3. The molecule has 0 spiro atoms. The van der Waals surface area contributed by atoms with Gasteiger partial charge in [0.15, 0.2) is 11.5 Å². The van der Waals surface area contributed by atoms with Gasteiger partial charge in [0.2, 0.25) is 5.91 Å². The van der Waals surface area contributed by atoms with Gasteiger partial charge in [0.25, 0.3) is 0 Å². The van der Waals surface area contributed by atoms with Gasteiger partial charge in [-0.2, -0.15) is 0 Å². The van der Waals surface area contributed by atoms with Gasteiger partial charge in [-0.25, -0.2) is 0 Å². The third-order valence-corrected chi connectivity index (χ3v) is 4.52. The van der Waals surface area contributed by atoms with Gasteiger partial charge in [0, 0.05) is 19.6 Å². The van der Waals surface area contributed by atoms with E-state index in [1.54, 1.807) is 14.2 Å². The van der Waals surface area contributed by atoms with Crippen molar-refractivity contribution < 1.29 is 14.3 Å². The Kier molecular flexibility index (Phi) is 5.56. The van der Waals surface area contributed by atoms with E-state index in [4.69, 9.17) is 9.47 Å². The molecular weight excluding hydrogens is 316 g/mol. The summed E-state index contributed by atoms with van der Waals surface area (Å²) in [4.78, 5) is 14.4. The van der Waals surface area contributed by atoms with Gasteiger partial charge in [0.1, 0.15) is 0 Å². The van der Waals surface area contributed by atoms with E-state index in [-0.39, 0.29) is 5.91 Å². The van der Waals surface area contributed by atoms with E-state index in [1.807, 2.05) is 47.4 Å². The molecule has 0 radical (unpaired) electrons. The van der Waals surface area contributed by atoms with Crippen LogP contribution in [-0.2, 0) is 24.3 Å². The summed E-state index contributed by atoms with van der Waals surface area (Å²) in [5, 5.41) is 3.23. The molecule has 1 amide bonds. The lowest BCUT2D eigenvalue weighted by molar-refractivity contribution is -0.131. The third kappa shape index (κ3) is 4.12. The normalized spacial score (nSPS) is 13.3. The molecule has 25 heavy (non-hydrogen) atoms. The maximum atomic E-state index is 12.5. The van der Waals surface area contributed by atoms with Crippen LogP contribution >= 0.6 is 0 Å². The molecule has 2 aromatic carbocycles. The highest BCUT2D eigenvalue weighted by molar-refractivity contribution is 5.78. The molecule has 0 atom stereocenters. The van der Waals surface area contributed by atoms with Crippen LogP contribution in [0, 0.1) is 0 Å². The van der Waals surface area contributed by atoms with E-state index < -0.39 is 0 Å². The van der Waals surface area contributed by atoms with Crippen LogP contribution in [-0.4, -0.2) is 38.1 Å². The fourth-order valence-electron chi connectivity index (χ4n) is 3.12. The summed E-state index contributed by atoms with van der Waals surface area (Å²) in [6.45, 7) is 2.38. The Morgan fingerprint density at radius 3 is 2.44 bits per heavy atom. The second kappa shape index (κ2) is 8.03. The standard InChI is InChI=1S/C20H24N2O3/c1-24-18-10-16-8-9-22(14-17(16)11-19(18)25-2)20(23)13-21-12-15-6-4-3-5-7-15/h3-7,10-11,21H,8-9,12-14H2,1-2H3. The first-order chi connectivity index (χ1) is 12.2. The zero-order valence-corrected chi connectivity index (χ0v) is 14.7. The number of nitrogens with zero attached hydrogens (tertiary/aromatic N) is 1. The first-order valence-electron chi connectivity index (χ1n) is 8.47. The second-order valence-corrected chi connectivity index (χ2v) is 6.13. The molecule has 0 unspecified atom stereocenters. The van der Waals surface area contributed by atoms with Crippen LogP contribution in [0.15, 0.2) is 42.5 Å². The van der Waals surface area contributed by atoms with Crippen molar-refractivity contribution in [1.82, 2.24) is 10.2 Å². The quantitative estimate of drug-likeness (QED) is 0.877. The Bertz CT molecular complexity index is 731. The average molecular weight is 340 g/mol. The Hall–Kier alpha value is -2.53. The third-order valence-electron chi connectivity index (χ3n) is 4.52. The van der Waals surface area contributed by atoms with Gasteiger partial charge in [-0.1, -0.05) is 30.3 Å². The number of nitrogens with one attached hydrogen (secondary N) is 1. The Morgan fingerprint density at radius 1 is 1.08 bits per heavy atom. The number of ether oxygens (including phenoxy) is 2. The van der Waals surface area contributed by atoms with Crippen molar-refractivity contribution in [2.24, 2.45) is 0 Å². The molecule has 0 aromatic heterocycles. The number of hydrogen-bond donors (Lipinski definition) is 1. The number of hydrogen-bond acceptors (Lipinski definition) is 4. The molecule has 5 heteroatoms. The van der Waals surface area contributed by atoms with E-state index >= 15 is 0 Å². The smallest absolute Gasteiger partial charge is 0.236 e. The molecule has 1 heterocycles. The van der Waals surface area contributed by atoms with Crippen molar-refractivity contribution >= 4 is 5.91 Å². The summed E-state index contributed by atoms with van der Waals surface area (Å²) in [5.74, 6) is 1.57. The Balaban J connectivity index is 1.59. The number of carbonyl (C=O) groups is 1. The molecule has 1 aliphatic rings. The van der Waals surface area contributed by atoms with Gasteiger partial charge < -0.3 is 19.7 Å². The van der Waals surface area contributed by atoms with Crippen LogP contribution in [0.4, 0.5) is 0 Å². The molecule has 0 fully saturated rings. The topological polar surface area (TPSA) is 50.8 Å². The highest BCUT2D eigenvalue weighted by Gasteiger charge is 2.22. The molecule has 0 saturated carbocycles. The van der Waals surface area contributed by atoms with Gasteiger partial charge in [0.05, 0.1) is 20.8 Å². The second-order valence-electron chi connectivity index (χ2n) is 6.13. The molecule has 0 bridgehead atoms. The first-order valence-corrected chi connectivity index (χ1v) is 8.47. The SMILES string of the molecule is COc1cc2c(cc1OC)CN(C(=O)CNCc1ccccc1)CC2. The number of amides is 1. The average Bonchev–Trinajstić information content (AvgIpc) is 2.67. The number of rotatable bonds is 6. The van der Waals surface area contributed by atoms with E-state index in [0.717, 1.165) is 24.3 Å². The molecule has 5 nitrogen and oxygen atoms in total. The molecule has 0 saturated heterocycles. The molecule has 132 valence electrons. The summed E-state index contributed by atoms with van der Waals surface area (Å²) in [7, 11) is 3.27. The molecule has 1 aliphatic heterocycles. The minimum Gasteiger partial charge on any atom is -0.493 e. The summed E-state index contributed by atoms with van der Waals surface area (Å²) in [6, 6.07) is 14.1. The van der Waals surface area contributed by atoms with Crippen LogP contribution in [0.25, 0.3) is 0 Å². The fourth-order valence-corrected chi connectivity index (χ4v) is 3.12. The lowest BCUT2D eigenvalue weighted by Gasteiger charge is -2.29. The highest BCUT2D eigenvalue weighted by Crippen LogP contribution is 2.33. The summed E-state index contributed by atoms with van der Waals surface area (Å²) in [5.41, 5.74) is 3.52. The van der Waals surface area contributed by atoms with Crippen LogP contribution in [0.3, 0.4) is 0 Å². The Labute approximate surface area is 148 Å². The predicted octanol–water partition coefficient (Wildman–Crippen LogP) is 2.38. The summed E-state index contributed by atoms with van der Waals surface area (Å²) >= 11 is 0. The molecule has 2 aromatic rings. The fraction of sp³-hybridized carbons (Fsp3) is 0.350. The maximum absolute atomic E-state index is 12.5. The zero-order chi connectivity index (χ0) is 17.6. The summed E-state index contributed by atoms with van der Waals surface area (Å²) < 4.78 is 10.7. The number of benzene rings is 2. The van der Waals surface area contributed by atoms with Crippen LogP contribution in [0.1, 0.15) is 16.7 Å². The zero-order valence-electron chi connectivity index (χ0n) is 14.7. The highest BCUT2D eigenvalue weighted by atomic mass is 16.5. The molecule has 1 N–H and O–H groups in total. The van der Waals surface area contributed by atoms with Crippen molar-refractivity contribution in [3.8, 4) is 11.5 Å². The maximum Gasteiger partial charge on any atom is 0.236 e. The minimum atomic E-state index is 0.122. The van der Waals surface area contributed by atoms with Gasteiger partial charge in [-0.05, 0) is 35.2 Å². The lowest BCUT2D eigenvalue weighted by atomic mass is 9.98. The van der Waals surface area contributed by atoms with Crippen molar-refractivity contribution in [1.29, 1.82) is 0 Å². The van der Waals surface area contributed by atoms with Crippen molar-refractivity contribution in [2.45, 2.75) is 19.5 Å². The van der Waals surface area contributed by atoms with Crippen LogP contribution < -0.4 is 14.8 Å². The monoisotopic (exact) mass is 340 g/mol. The number of methoxy groups -OCH3 is 2. The Morgan fingerprint density at radius 2 is 1.76 bits per heavy atom. The molecular formula is C20H24N2O3. The lowest BCUT2D eigenvalue weighted by Crippen LogP contribution is -2.41. The predicted molar refractivity (Wildman–Crippen MR) is 96.8 cm³/mol. The van der Waals surface area contributed by atoms with E-state index in [2.05, 4.69) is 5.32 Å². The van der Waals surface area contributed by atoms with Gasteiger partial charge >= 0.3 is 0 Å². The van der Waals surface area contributed by atoms with Crippen molar-refractivity contribution in [3.63, 3.8) is 0 Å². The van der Waals surface area contributed by atoms with Gasteiger partial charge in [-0.3, -0.25) is 4.79 Å². The van der Waals surface area contributed by atoms with Crippen molar-refractivity contribution in [2.75, 3.05) is 27.3 Å². The van der Waals surface area contributed by atoms with E-state index in [9.17, 15) is 4.79 Å². The largest absolute Gasteiger partial charge is 0.493 e. The van der Waals surface area contributed by atoms with Gasteiger partial charge in [-0.15, -0.1) is 0 Å².